The number of hydrogen-bond donors (Lipinski definition) is 1. The van der Waals surface area contributed by atoms with Crippen molar-refractivity contribution >= 4 is 11.8 Å². The summed E-state index contributed by atoms with van der Waals surface area (Å²) in [5.74, 6) is 7.93. The molecule has 0 saturated heterocycles. The number of aromatic nitrogens is 9. The van der Waals surface area contributed by atoms with Gasteiger partial charge in [-0.2, -0.15) is 5.10 Å². The second kappa shape index (κ2) is 6.36. The number of hydrogen-bond acceptors (Lipinski definition) is 8. The quantitative estimate of drug-likeness (QED) is 0.511. The summed E-state index contributed by atoms with van der Waals surface area (Å²) in [7, 11) is 0. The van der Waals surface area contributed by atoms with Gasteiger partial charge in [0.15, 0.2) is 5.82 Å². The molecule has 3 heterocycles. The Labute approximate surface area is 137 Å². The number of thioether (sulfide) groups is 1. The van der Waals surface area contributed by atoms with Gasteiger partial charge in [-0.15, -0.1) is 15.3 Å². The smallest absolute Gasteiger partial charge is 0.271 e. The zero-order chi connectivity index (χ0) is 16.4. The molecule has 3 aromatic rings. The lowest BCUT2D eigenvalue weighted by atomic mass is 10.4. The third-order valence-electron chi connectivity index (χ3n) is 3.22. The van der Waals surface area contributed by atoms with Crippen molar-refractivity contribution in [2.45, 2.75) is 44.6 Å². The summed E-state index contributed by atoms with van der Waals surface area (Å²) in [5.41, 5.74) is 1.85. The molecular formula is C12H18N10S. The molecule has 2 N–H and O–H groups in total. The van der Waals surface area contributed by atoms with Gasteiger partial charge in [-0.1, -0.05) is 18.7 Å². The van der Waals surface area contributed by atoms with E-state index in [2.05, 4.69) is 37.7 Å². The molecule has 3 rings (SSSR count). The van der Waals surface area contributed by atoms with Gasteiger partial charge < -0.3 is 5.84 Å². The summed E-state index contributed by atoms with van der Waals surface area (Å²) < 4.78 is 4.89. The Morgan fingerprint density at radius 1 is 1.22 bits per heavy atom. The fourth-order valence-electron chi connectivity index (χ4n) is 2.18. The number of nitrogen functional groups attached to an aromatic ring is 1. The largest absolute Gasteiger partial charge is 0.334 e. The molecule has 0 unspecified atom stereocenters. The lowest BCUT2D eigenvalue weighted by molar-refractivity contribution is 0.564. The van der Waals surface area contributed by atoms with Gasteiger partial charge in [-0.05, 0) is 36.8 Å². The molecule has 3 aromatic heterocycles. The zero-order valence-corrected chi connectivity index (χ0v) is 14.0. The number of aryl methyl sites for hydroxylation is 3. The highest BCUT2D eigenvalue weighted by atomic mass is 32.2. The molecule has 0 aliphatic heterocycles. The van der Waals surface area contributed by atoms with E-state index in [9.17, 15) is 0 Å². The second-order valence-corrected chi connectivity index (χ2v) is 6.04. The Kier molecular flexibility index (Phi) is 4.28. The lowest BCUT2D eigenvalue weighted by Crippen LogP contribution is -2.17. The Bertz CT molecular complexity index is 801. The van der Waals surface area contributed by atoms with Crippen LogP contribution >= 0.6 is 11.8 Å². The zero-order valence-electron chi connectivity index (χ0n) is 13.2. The maximum atomic E-state index is 6.10. The summed E-state index contributed by atoms with van der Waals surface area (Å²) in [6.45, 7) is 6.73. The molecule has 0 aliphatic carbocycles. The maximum absolute atomic E-state index is 6.10. The molecule has 10 nitrogen and oxygen atoms in total. The third-order valence-corrected chi connectivity index (χ3v) is 4.16. The highest BCUT2D eigenvalue weighted by Crippen LogP contribution is 2.20. The molecule has 0 amide bonds. The van der Waals surface area contributed by atoms with Crippen LogP contribution in [0.4, 0.5) is 0 Å². The van der Waals surface area contributed by atoms with Crippen LogP contribution in [0.1, 0.15) is 30.6 Å². The first kappa shape index (κ1) is 15.5. The minimum atomic E-state index is 0.478. The molecule has 0 aliphatic rings. The van der Waals surface area contributed by atoms with Crippen molar-refractivity contribution in [2.24, 2.45) is 0 Å². The Morgan fingerprint density at radius 2 is 2.04 bits per heavy atom. The molecule has 0 bridgehead atoms. The molecule has 0 radical (unpaired) electrons. The molecule has 23 heavy (non-hydrogen) atoms. The van der Waals surface area contributed by atoms with Crippen LogP contribution in [0.15, 0.2) is 11.2 Å². The number of tetrazole rings is 1. The van der Waals surface area contributed by atoms with Gasteiger partial charge >= 0.3 is 0 Å². The Hall–Kier alpha value is -2.43. The SMILES string of the molecule is CCCn1nnnc1CSc1nnc(-n2nc(C)cc2C)n1N. The van der Waals surface area contributed by atoms with Crippen LogP contribution < -0.4 is 5.84 Å². The van der Waals surface area contributed by atoms with E-state index in [-0.39, 0.29) is 0 Å². The lowest BCUT2D eigenvalue weighted by Gasteiger charge is -2.05. The van der Waals surface area contributed by atoms with E-state index < -0.39 is 0 Å². The third kappa shape index (κ3) is 3.04. The normalized spacial score (nSPS) is 11.3. The van der Waals surface area contributed by atoms with Crippen LogP contribution in [-0.2, 0) is 12.3 Å². The average molecular weight is 334 g/mol. The van der Waals surface area contributed by atoms with E-state index in [4.69, 9.17) is 5.84 Å². The van der Waals surface area contributed by atoms with Gasteiger partial charge in [0.25, 0.3) is 5.95 Å². The van der Waals surface area contributed by atoms with Crippen molar-refractivity contribution < 1.29 is 0 Å². The van der Waals surface area contributed by atoms with Crippen molar-refractivity contribution in [2.75, 3.05) is 5.84 Å². The highest BCUT2D eigenvalue weighted by molar-refractivity contribution is 7.98. The summed E-state index contributed by atoms with van der Waals surface area (Å²) in [4.78, 5) is 0. The monoisotopic (exact) mass is 334 g/mol. The fourth-order valence-corrected chi connectivity index (χ4v) is 2.97. The van der Waals surface area contributed by atoms with Crippen LogP contribution in [0.5, 0.6) is 0 Å². The molecule has 0 saturated carbocycles. The highest BCUT2D eigenvalue weighted by Gasteiger charge is 2.16. The number of nitrogens with two attached hydrogens (primary N) is 1. The van der Waals surface area contributed by atoms with Crippen molar-refractivity contribution in [3.8, 4) is 5.95 Å². The molecular weight excluding hydrogens is 316 g/mol. The summed E-state index contributed by atoms with van der Waals surface area (Å²) >= 11 is 1.43. The van der Waals surface area contributed by atoms with Gasteiger partial charge in [0.2, 0.25) is 5.16 Å². The Balaban J connectivity index is 1.77. The van der Waals surface area contributed by atoms with Gasteiger partial charge in [0, 0.05) is 12.2 Å². The molecule has 0 aromatic carbocycles. The summed E-state index contributed by atoms with van der Waals surface area (Å²) in [5, 5.41) is 24.9. The van der Waals surface area contributed by atoms with E-state index in [1.807, 2.05) is 19.9 Å². The first-order valence-electron chi connectivity index (χ1n) is 7.22. The van der Waals surface area contributed by atoms with Crippen LogP contribution in [0.3, 0.4) is 0 Å². The molecule has 0 spiro atoms. The minimum Gasteiger partial charge on any atom is -0.334 e. The van der Waals surface area contributed by atoms with Crippen LogP contribution in [0.2, 0.25) is 0 Å². The van der Waals surface area contributed by atoms with E-state index in [1.54, 1.807) is 9.36 Å². The second-order valence-electron chi connectivity index (χ2n) is 5.10. The van der Waals surface area contributed by atoms with E-state index >= 15 is 0 Å². The van der Waals surface area contributed by atoms with Crippen LogP contribution in [-0.4, -0.2) is 44.9 Å². The summed E-state index contributed by atoms with van der Waals surface area (Å²) in [6, 6.07) is 1.96. The maximum Gasteiger partial charge on any atom is 0.271 e. The summed E-state index contributed by atoms with van der Waals surface area (Å²) in [6.07, 6.45) is 0.970. The Morgan fingerprint density at radius 3 is 2.74 bits per heavy atom. The van der Waals surface area contributed by atoms with Crippen molar-refractivity contribution in [3.63, 3.8) is 0 Å². The van der Waals surface area contributed by atoms with Gasteiger partial charge in [-0.3, -0.25) is 0 Å². The van der Waals surface area contributed by atoms with Crippen molar-refractivity contribution in [1.29, 1.82) is 0 Å². The standard InChI is InChI=1S/C12H18N10S/c1-4-5-20-10(14-18-19-20)7-23-12-16-15-11(21(12)13)22-9(3)6-8(2)17-22/h6H,4-5,7,13H2,1-3H3. The predicted octanol–water partition coefficient (Wildman–Crippen LogP) is 0.483. The van der Waals surface area contributed by atoms with Crippen molar-refractivity contribution in [1.82, 2.24) is 44.9 Å². The molecule has 0 fully saturated rings. The predicted molar refractivity (Wildman–Crippen MR) is 84.4 cm³/mol. The van der Waals surface area contributed by atoms with Crippen LogP contribution in [0.25, 0.3) is 5.95 Å². The van der Waals surface area contributed by atoms with Crippen LogP contribution in [0, 0.1) is 13.8 Å². The minimum absolute atomic E-state index is 0.478. The topological polar surface area (TPSA) is 118 Å². The van der Waals surface area contributed by atoms with Gasteiger partial charge in [0.1, 0.15) is 0 Å². The molecule has 11 heteroatoms. The first-order chi connectivity index (χ1) is 11.1. The van der Waals surface area contributed by atoms with E-state index in [0.29, 0.717) is 16.9 Å². The first-order valence-corrected chi connectivity index (χ1v) is 8.20. The molecule has 122 valence electrons. The fraction of sp³-hybridized carbons (Fsp3) is 0.500. The van der Waals surface area contributed by atoms with Gasteiger partial charge in [-0.25, -0.2) is 14.0 Å². The average Bonchev–Trinajstić information content (AvgIpc) is 3.18. The van der Waals surface area contributed by atoms with E-state index in [0.717, 1.165) is 30.2 Å². The van der Waals surface area contributed by atoms with Gasteiger partial charge in [0.05, 0.1) is 11.4 Å². The molecule has 0 atom stereocenters. The number of rotatable bonds is 6. The number of nitrogens with zero attached hydrogens (tertiary/aromatic N) is 9. The van der Waals surface area contributed by atoms with E-state index in [1.165, 1.54) is 16.4 Å². The van der Waals surface area contributed by atoms with Crippen molar-refractivity contribution in [3.05, 3.63) is 23.3 Å².